The highest BCUT2D eigenvalue weighted by molar-refractivity contribution is 5.63. The van der Waals surface area contributed by atoms with E-state index in [4.69, 9.17) is 9.47 Å². The lowest BCUT2D eigenvalue weighted by Crippen LogP contribution is -2.04. The molecule has 0 aliphatic carbocycles. The molecule has 2 N–H and O–H groups in total. The fourth-order valence-electron chi connectivity index (χ4n) is 2.96. The molecule has 0 radical (unpaired) electrons. The third kappa shape index (κ3) is 4.71. The minimum absolute atomic E-state index is 0.424. The summed E-state index contributed by atoms with van der Waals surface area (Å²) in [6.45, 7) is 4.96. The van der Waals surface area contributed by atoms with Crippen molar-refractivity contribution in [1.29, 1.82) is 0 Å². The van der Waals surface area contributed by atoms with Crippen LogP contribution in [-0.2, 0) is 6.54 Å². The van der Waals surface area contributed by atoms with E-state index < -0.39 is 0 Å². The Hall–Kier alpha value is -3.28. The van der Waals surface area contributed by atoms with E-state index in [-0.39, 0.29) is 0 Å². The van der Waals surface area contributed by atoms with E-state index in [1.807, 2.05) is 30.3 Å². The van der Waals surface area contributed by atoms with Gasteiger partial charge in [0, 0.05) is 18.3 Å². The molecule has 1 aromatic heterocycles. The van der Waals surface area contributed by atoms with Crippen LogP contribution in [0.2, 0.25) is 0 Å². The van der Waals surface area contributed by atoms with Crippen molar-refractivity contribution in [3.8, 4) is 11.5 Å². The molecule has 0 saturated carbocycles. The molecule has 6 heteroatoms. The number of nitrogens with one attached hydrogen (secondary N) is 2. The maximum absolute atomic E-state index is 5.36. The summed E-state index contributed by atoms with van der Waals surface area (Å²) in [5.74, 6) is 3.33. The highest BCUT2D eigenvalue weighted by Gasteiger charge is 2.08. The Morgan fingerprint density at radius 2 is 1.64 bits per heavy atom. The number of hydrogen-bond donors (Lipinski definition) is 2. The first kappa shape index (κ1) is 19.5. The van der Waals surface area contributed by atoms with Crippen LogP contribution in [0.5, 0.6) is 11.5 Å². The lowest BCUT2D eigenvalue weighted by molar-refractivity contribution is 0.354. The molecule has 146 valence electrons. The Bertz CT molecular complexity index is 928. The van der Waals surface area contributed by atoms with Gasteiger partial charge >= 0.3 is 0 Å². The smallest absolute Gasteiger partial charge is 0.161 e. The van der Waals surface area contributed by atoms with Crippen molar-refractivity contribution in [2.24, 2.45) is 0 Å². The Kier molecular flexibility index (Phi) is 6.32. The zero-order valence-electron chi connectivity index (χ0n) is 16.7. The van der Waals surface area contributed by atoms with Gasteiger partial charge in [-0.15, -0.1) is 0 Å². The number of aromatic nitrogens is 2. The van der Waals surface area contributed by atoms with E-state index in [9.17, 15) is 0 Å². The largest absolute Gasteiger partial charge is 0.493 e. The maximum Gasteiger partial charge on any atom is 0.161 e. The van der Waals surface area contributed by atoms with E-state index in [0.717, 1.165) is 22.9 Å². The molecule has 0 fully saturated rings. The molecule has 2 aromatic carbocycles. The molecule has 28 heavy (non-hydrogen) atoms. The second-order valence-corrected chi connectivity index (χ2v) is 6.70. The van der Waals surface area contributed by atoms with E-state index >= 15 is 0 Å². The van der Waals surface area contributed by atoms with Gasteiger partial charge in [-0.2, -0.15) is 0 Å². The molecule has 0 amide bonds. The van der Waals surface area contributed by atoms with E-state index in [1.165, 1.54) is 5.56 Å². The third-order valence-corrected chi connectivity index (χ3v) is 4.43. The topological polar surface area (TPSA) is 68.3 Å². The summed E-state index contributed by atoms with van der Waals surface area (Å²) in [6, 6.07) is 16.0. The molecular formula is C22H26N4O2. The summed E-state index contributed by atoms with van der Waals surface area (Å²) in [5, 5.41) is 6.72. The molecular weight excluding hydrogens is 352 g/mol. The van der Waals surface area contributed by atoms with Crippen molar-refractivity contribution in [3.63, 3.8) is 0 Å². The summed E-state index contributed by atoms with van der Waals surface area (Å²) in [5.41, 5.74) is 3.37. The van der Waals surface area contributed by atoms with E-state index in [0.29, 0.717) is 24.0 Å². The Morgan fingerprint density at radius 3 is 2.39 bits per heavy atom. The lowest BCUT2D eigenvalue weighted by atomic mass is 10.0. The number of rotatable bonds is 8. The van der Waals surface area contributed by atoms with E-state index in [1.54, 1.807) is 20.5 Å². The zero-order valence-corrected chi connectivity index (χ0v) is 16.7. The van der Waals surface area contributed by atoms with Gasteiger partial charge in [0.1, 0.15) is 18.0 Å². The predicted molar refractivity (Wildman–Crippen MR) is 113 cm³/mol. The van der Waals surface area contributed by atoms with Crippen LogP contribution >= 0.6 is 0 Å². The van der Waals surface area contributed by atoms with Crippen LogP contribution < -0.4 is 20.1 Å². The first-order valence-electron chi connectivity index (χ1n) is 9.23. The highest BCUT2D eigenvalue weighted by atomic mass is 16.5. The molecule has 0 aliphatic heterocycles. The average molecular weight is 378 g/mol. The summed E-state index contributed by atoms with van der Waals surface area (Å²) in [6.07, 6.45) is 1.55. The number of hydrogen-bond acceptors (Lipinski definition) is 6. The van der Waals surface area contributed by atoms with Gasteiger partial charge in [0.25, 0.3) is 0 Å². The first-order valence-corrected chi connectivity index (χ1v) is 9.23. The first-order chi connectivity index (χ1) is 13.6. The van der Waals surface area contributed by atoms with Crippen LogP contribution in [0, 0.1) is 0 Å². The van der Waals surface area contributed by atoms with Gasteiger partial charge in [0.2, 0.25) is 0 Å². The van der Waals surface area contributed by atoms with Crippen LogP contribution in [0.25, 0.3) is 0 Å². The number of methoxy groups -OCH3 is 2. The molecule has 0 aliphatic rings. The SMILES string of the molecule is COc1ccc(CNc2cc(Nc3ccccc3C(C)C)ncn2)cc1OC. The zero-order chi connectivity index (χ0) is 19.9. The van der Waals surface area contributed by atoms with Gasteiger partial charge in [-0.25, -0.2) is 9.97 Å². The highest BCUT2D eigenvalue weighted by Crippen LogP contribution is 2.28. The lowest BCUT2D eigenvalue weighted by Gasteiger charge is -2.14. The standard InChI is InChI=1S/C22H26N4O2/c1-15(2)17-7-5-6-8-18(17)26-22-12-21(24-14-25-22)23-13-16-9-10-19(27-3)20(11-16)28-4/h5-12,14-15H,13H2,1-4H3,(H2,23,24,25,26). The Labute approximate surface area is 166 Å². The van der Waals surface area contributed by atoms with Crippen LogP contribution in [-0.4, -0.2) is 24.2 Å². The summed E-state index contributed by atoms with van der Waals surface area (Å²) in [4.78, 5) is 8.65. The van der Waals surface area contributed by atoms with Gasteiger partial charge in [0.05, 0.1) is 14.2 Å². The van der Waals surface area contributed by atoms with Gasteiger partial charge in [-0.1, -0.05) is 38.1 Å². The van der Waals surface area contributed by atoms with Crippen LogP contribution in [0.15, 0.2) is 54.9 Å². The van der Waals surface area contributed by atoms with Crippen LogP contribution in [0.3, 0.4) is 0 Å². The number of nitrogens with zero attached hydrogens (tertiary/aromatic N) is 2. The molecule has 0 saturated heterocycles. The fourth-order valence-corrected chi connectivity index (χ4v) is 2.96. The molecule has 0 bridgehead atoms. The molecule has 3 aromatic rings. The van der Waals surface area contributed by atoms with E-state index in [2.05, 4.69) is 52.6 Å². The van der Waals surface area contributed by atoms with Gasteiger partial charge in [-0.05, 0) is 35.2 Å². The fraction of sp³-hybridized carbons (Fsp3) is 0.273. The van der Waals surface area contributed by atoms with Crippen molar-refractivity contribution in [2.75, 3.05) is 24.9 Å². The van der Waals surface area contributed by atoms with Gasteiger partial charge in [0.15, 0.2) is 11.5 Å². The number of anilines is 3. The normalized spacial score (nSPS) is 10.6. The number of ether oxygens (including phenoxy) is 2. The van der Waals surface area contributed by atoms with Crippen LogP contribution in [0.1, 0.15) is 30.9 Å². The summed E-state index contributed by atoms with van der Waals surface area (Å²) >= 11 is 0. The second kappa shape index (κ2) is 9.08. The second-order valence-electron chi connectivity index (χ2n) is 6.70. The van der Waals surface area contributed by atoms with Crippen molar-refractivity contribution in [3.05, 3.63) is 66.0 Å². The maximum atomic E-state index is 5.36. The third-order valence-electron chi connectivity index (χ3n) is 4.43. The quantitative estimate of drug-likeness (QED) is 0.577. The summed E-state index contributed by atoms with van der Waals surface area (Å²) in [7, 11) is 3.26. The summed E-state index contributed by atoms with van der Waals surface area (Å²) < 4.78 is 10.6. The molecule has 1 heterocycles. The number of benzene rings is 2. The molecule has 0 spiro atoms. The minimum Gasteiger partial charge on any atom is -0.493 e. The minimum atomic E-state index is 0.424. The molecule has 3 rings (SSSR count). The van der Waals surface area contributed by atoms with Crippen molar-refractivity contribution >= 4 is 17.3 Å². The predicted octanol–water partition coefficient (Wildman–Crippen LogP) is 4.97. The van der Waals surface area contributed by atoms with Crippen molar-refractivity contribution < 1.29 is 9.47 Å². The average Bonchev–Trinajstić information content (AvgIpc) is 2.72. The van der Waals surface area contributed by atoms with Crippen molar-refractivity contribution in [2.45, 2.75) is 26.3 Å². The Morgan fingerprint density at radius 1 is 0.893 bits per heavy atom. The van der Waals surface area contributed by atoms with Gasteiger partial charge < -0.3 is 20.1 Å². The number of para-hydroxylation sites is 1. The Balaban J connectivity index is 1.71. The molecule has 0 atom stereocenters. The van der Waals surface area contributed by atoms with Crippen molar-refractivity contribution in [1.82, 2.24) is 9.97 Å². The molecule has 0 unspecified atom stereocenters. The van der Waals surface area contributed by atoms with Crippen LogP contribution in [0.4, 0.5) is 17.3 Å². The van der Waals surface area contributed by atoms with Gasteiger partial charge in [-0.3, -0.25) is 0 Å². The monoisotopic (exact) mass is 378 g/mol. The molecule has 6 nitrogen and oxygen atoms in total.